The lowest BCUT2D eigenvalue weighted by Crippen LogP contribution is -2.30. The van der Waals surface area contributed by atoms with Crippen molar-refractivity contribution in [3.63, 3.8) is 0 Å². The molecule has 1 N–H and O–H groups in total. The topological polar surface area (TPSA) is 49.0 Å². The number of fused-ring (bicyclic) bond motifs is 2. The summed E-state index contributed by atoms with van der Waals surface area (Å²) < 4.78 is 22.8. The third kappa shape index (κ3) is 3.08. The molecule has 2 aliphatic rings. The second kappa shape index (κ2) is 7.33. The first-order valence-corrected chi connectivity index (χ1v) is 9.75. The van der Waals surface area contributed by atoms with Crippen molar-refractivity contribution in [2.75, 3.05) is 27.6 Å². The molecule has 3 aromatic rings. The molecule has 5 nitrogen and oxygen atoms in total. The Labute approximate surface area is 170 Å². The quantitative estimate of drug-likeness (QED) is 0.720. The minimum absolute atomic E-state index is 0.0121. The Bertz CT molecular complexity index is 1050. The van der Waals surface area contributed by atoms with E-state index in [1.165, 1.54) is 11.1 Å². The molecule has 0 aromatic heterocycles. The second-order valence-corrected chi connectivity index (χ2v) is 7.20. The molecule has 148 valence electrons. The van der Waals surface area contributed by atoms with Gasteiger partial charge in [-0.05, 0) is 47.4 Å². The van der Waals surface area contributed by atoms with Crippen LogP contribution >= 0.6 is 0 Å². The number of methoxy groups -OCH3 is 2. The standard InChI is InChI=1S/C24H23NO4/c1-26-20-13-19(21(27-2)11-17(20)15-6-4-3-5-7-15)24-18-12-23-22(28-14-29-23)10-16(18)8-9-25-24/h3-7,10-13,24-25H,8-9,14H2,1-2H3. The van der Waals surface area contributed by atoms with Crippen molar-refractivity contribution >= 4 is 0 Å². The van der Waals surface area contributed by atoms with Gasteiger partial charge >= 0.3 is 0 Å². The Morgan fingerprint density at radius 3 is 2.38 bits per heavy atom. The zero-order valence-corrected chi connectivity index (χ0v) is 16.5. The summed E-state index contributed by atoms with van der Waals surface area (Å²) in [7, 11) is 3.42. The first-order chi connectivity index (χ1) is 14.3. The Kier molecular flexibility index (Phi) is 4.52. The highest BCUT2D eigenvalue weighted by atomic mass is 16.7. The first kappa shape index (κ1) is 17.9. The summed E-state index contributed by atoms with van der Waals surface area (Å²) in [6.45, 7) is 1.16. The van der Waals surface area contributed by atoms with Crippen molar-refractivity contribution in [1.82, 2.24) is 5.32 Å². The fourth-order valence-corrected chi connectivity index (χ4v) is 4.21. The van der Waals surface area contributed by atoms with Crippen molar-refractivity contribution in [2.45, 2.75) is 12.5 Å². The second-order valence-electron chi connectivity index (χ2n) is 7.20. The normalized spacial score (nSPS) is 17.0. The minimum Gasteiger partial charge on any atom is -0.496 e. The monoisotopic (exact) mass is 389 g/mol. The molecule has 0 amide bonds. The molecule has 0 fully saturated rings. The summed E-state index contributed by atoms with van der Waals surface area (Å²) in [5.41, 5.74) is 5.60. The highest BCUT2D eigenvalue weighted by Crippen LogP contribution is 2.44. The predicted octanol–water partition coefficient (Wildman–Crippen LogP) is 4.33. The first-order valence-electron chi connectivity index (χ1n) is 9.75. The van der Waals surface area contributed by atoms with Gasteiger partial charge in [-0.15, -0.1) is 0 Å². The van der Waals surface area contributed by atoms with Crippen LogP contribution in [-0.4, -0.2) is 27.6 Å². The van der Waals surface area contributed by atoms with Gasteiger partial charge in [-0.25, -0.2) is 0 Å². The number of ether oxygens (including phenoxy) is 4. The van der Waals surface area contributed by atoms with Crippen molar-refractivity contribution in [1.29, 1.82) is 0 Å². The summed E-state index contributed by atoms with van der Waals surface area (Å²) in [6, 6.07) is 18.5. The van der Waals surface area contributed by atoms with Crippen LogP contribution in [0.1, 0.15) is 22.7 Å². The van der Waals surface area contributed by atoms with E-state index in [2.05, 4.69) is 41.7 Å². The molecular formula is C24H23NO4. The summed E-state index contributed by atoms with van der Waals surface area (Å²) in [5, 5.41) is 3.64. The van der Waals surface area contributed by atoms with E-state index in [0.29, 0.717) is 0 Å². The van der Waals surface area contributed by atoms with Gasteiger partial charge in [0.25, 0.3) is 0 Å². The van der Waals surface area contributed by atoms with Crippen LogP contribution in [0.5, 0.6) is 23.0 Å². The number of benzene rings is 3. The molecule has 0 radical (unpaired) electrons. The molecular weight excluding hydrogens is 366 g/mol. The van der Waals surface area contributed by atoms with Gasteiger partial charge in [0.15, 0.2) is 11.5 Å². The molecule has 5 rings (SSSR count). The van der Waals surface area contributed by atoms with Gasteiger partial charge in [0.05, 0.1) is 20.3 Å². The molecule has 0 saturated heterocycles. The average molecular weight is 389 g/mol. The number of rotatable bonds is 4. The van der Waals surface area contributed by atoms with Crippen LogP contribution in [0.15, 0.2) is 54.6 Å². The summed E-state index contributed by atoms with van der Waals surface area (Å²) in [4.78, 5) is 0. The van der Waals surface area contributed by atoms with E-state index in [1.807, 2.05) is 18.2 Å². The zero-order chi connectivity index (χ0) is 19.8. The summed E-state index contributed by atoms with van der Waals surface area (Å²) >= 11 is 0. The number of hydrogen-bond acceptors (Lipinski definition) is 5. The van der Waals surface area contributed by atoms with Crippen molar-refractivity contribution < 1.29 is 18.9 Å². The van der Waals surface area contributed by atoms with E-state index in [9.17, 15) is 0 Å². The van der Waals surface area contributed by atoms with Gasteiger partial charge in [-0.3, -0.25) is 0 Å². The van der Waals surface area contributed by atoms with E-state index in [-0.39, 0.29) is 12.8 Å². The molecule has 0 spiro atoms. The van der Waals surface area contributed by atoms with E-state index >= 15 is 0 Å². The molecule has 2 heterocycles. The molecule has 29 heavy (non-hydrogen) atoms. The lowest BCUT2D eigenvalue weighted by molar-refractivity contribution is 0.174. The molecule has 2 aliphatic heterocycles. The Hall–Kier alpha value is -3.18. The van der Waals surface area contributed by atoms with Gasteiger partial charge in [-0.1, -0.05) is 30.3 Å². The van der Waals surface area contributed by atoms with Crippen molar-refractivity contribution in [3.05, 3.63) is 71.3 Å². The number of nitrogens with one attached hydrogen (secondary N) is 1. The third-order valence-electron chi connectivity index (χ3n) is 5.64. The fraction of sp³-hybridized carbons (Fsp3) is 0.250. The Morgan fingerprint density at radius 2 is 1.62 bits per heavy atom. The SMILES string of the molecule is COc1cc(C2NCCc3cc4c(cc32)OCO4)c(OC)cc1-c1ccccc1. The van der Waals surface area contributed by atoms with Crippen LogP contribution in [-0.2, 0) is 6.42 Å². The summed E-state index contributed by atoms with van der Waals surface area (Å²) in [6.07, 6.45) is 0.948. The predicted molar refractivity (Wildman–Crippen MR) is 111 cm³/mol. The molecule has 3 aromatic carbocycles. The third-order valence-corrected chi connectivity index (χ3v) is 5.64. The van der Waals surface area contributed by atoms with Crippen molar-refractivity contribution in [2.24, 2.45) is 0 Å². The van der Waals surface area contributed by atoms with Gasteiger partial charge in [0.1, 0.15) is 11.5 Å². The van der Waals surface area contributed by atoms with E-state index in [1.54, 1.807) is 14.2 Å². The lowest BCUT2D eigenvalue weighted by Gasteiger charge is -2.29. The van der Waals surface area contributed by atoms with Crippen LogP contribution in [0.25, 0.3) is 11.1 Å². The van der Waals surface area contributed by atoms with Gasteiger partial charge < -0.3 is 24.3 Å². The van der Waals surface area contributed by atoms with Gasteiger partial charge in [0, 0.05) is 17.7 Å². The highest BCUT2D eigenvalue weighted by molar-refractivity contribution is 5.74. The molecule has 5 heteroatoms. The molecule has 0 aliphatic carbocycles. The molecule has 0 saturated carbocycles. The van der Waals surface area contributed by atoms with Crippen LogP contribution < -0.4 is 24.3 Å². The van der Waals surface area contributed by atoms with Crippen LogP contribution in [0, 0.1) is 0 Å². The summed E-state index contributed by atoms with van der Waals surface area (Å²) in [5.74, 6) is 3.27. The van der Waals surface area contributed by atoms with Crippen LogP contribution in [0.4, 0.5) is 0 Å². The van der Waals surface area contributed by atoms with Gasteiger partial charge in [-0.2, -0.15) is 0 Å². The van der Waals surface area contributed by atoms with E-state index in [0.717, 1.165) is 52.7 Å². The maximum absolute atomic E-state index is 5.82. The molecule has 0 bridgehead atoms. The largest absolute Gasteiger partial charge is 0.496 e. The Morgan fingerprint density at radius 1 is 0.862 bits per heavy atom. The van der Waals surface area contributed by atoms with E-state index in [4.69, 9.17) is 18.9 Å². The zero-order valence-electron chi connectivity index (χ0n) is 16.5. The number of hydrogen-bond donors (Lipinski definition) is 1. The molecule has 1 unspecified atom stereocenters. The highest BCUT2D eigenvalue weighted by Gasteiger charge is 2.29. The lowest BCUT2D eigenvalue weighted by atomic mass is 9.88. The minimum atomic E-state index is -0.0121. The van der Waals surface area contributed by atoms with Crippen molar-refractivity contribution in [3.8, 4) is 34.1 Å². The smallest absolute Gasteiger partial charge is 0.231 e. The van der Waals surface area contributed by atoms with Crippen LogP contribution in [0.3, 0.4) is 0 Å². The Balaban J connectivity index is 1.64. The van der Waals surface area contributed by atoms with Crippen LogP contribution in [0.2, 0.25) is 0 Å². The van der Waals surface area contributed by atoms with E-state index < -0.39 is 0 Å². The maximum atomic E-state index is 5.82. The fourth-order valence-electron chi connectivity index (χ4n) is 4.21. The average Bonchev–Trinajstić information content (AvgIpc) is 3.24. The molecule has 1 atom stereocenters. The maximum Gasteiger partial charge on any atom is 0.231 e. The van der Waals surface area contributed by atoms with Gasteiger partial charge in [0.2, 0.25) is 6.79 Å².